The predicted molar refractivity (Wildman–Crippen MR) is 88.7 cm³/mol. The van der Waals surface area contributed by atoms with Crippen molar-refractivity contribution < 1.29 is 4.74 Å². The van der Waals surface area contributed by atoms with Gasteiger partial charge in [-0.05, 0) is 45.2 Å². The first kappa shape index (κ1) is 16.5. The van der Waals surface area contributed by atoms with E-state index < -0.39 is 0 Å². The summed E-state index contributed by atoms with van der Waals surface area (Å²) in [6.07, 6.45) is 3.91. The van der Waals surface area contributed by atoms with Crippen molar-refractivity contribution in [2.24, 2.45) is 0 Å². The molecule has 1 aliphatic rings. The van der Waals surface area contributed by atoms with Gasteiger partial charge < -0.3 is 15.0 Å². The molecular formula is C18H30N2O. The summed E-state index contributed by atoms with van der Waals surface area (Å²) in [6, 6.07) is 11.4. The van der Waals surface area contributed by atoms with E-state index in [1.807, 2.05) is 0 Å². The van der Waals surface area contributed by atoms with E-state index >= 15 is 0 Å². The van der Waals surface area contributed by atoms with Gasteiger partial charge in [0.05, 0.1) is 6.10 Å². The average molecular weight is 290 g/mol. The van der Waals surface area contributed by atoms with Crippen molar-refractivity contribution in [2.75, 3.05) is 32.8 Å². The maximum Gasteiger partial charge on any atom is 0.0518 e. The van der Waals surface area contributed by atoms with E-state index in [0.717, 1.165) is 19.6 Å². The molecule has 1 aliphatic heterocycles. The predicted octanol–water partition coefficient (Wildman–Crippen LogP) is 2.71. The summed E-state index contributed by atoms with van der Waals surface area (Å²) >= 11 is 0. The average Bonchev–Trinajstić information content (AvgIpc) is 2.48. The van der Waals surface area contributed by atoms with Crippen LogP contribution in [0.4, 0.5) is 0 Å². The van der Waals surface area contributed by atoms with Crippen molar-refractivity contribution in [1.29, 1.82) is 0 Å². The number of hydrogen-bond donors (Lipinski definition) is 1. The highest BCUT2D eigenvalue weighted by atomic mass is 16.5. The van der Waals surface area contributed by atoms with E-state index in [1.54, 1.807) is 0 Å². The lowest BCUT2D eigenvalue weighted by molar-refractivity contribution is 0.0734. The molecule has 0 spiro atoms. The number of benzene rings is 1. The lowest BCUT2D eigenvalue weighted by atomic mass is 10.0. The minimum absolute atomic E-state index is 0.361. The molecule has 0 saturated carbocycles. The molecule has 0 aliphatic carbocycles. The second-order valence-corrected chi connectivity index (χ2v) is 6.27. The summed E-state index contributed by atoms with van der Waals surface area (Å²) in [4.78, 5) is 2.60. The van der Waals surface area contributed by atoms with Crippen LogP contribution in [0.25, 0.3) is 0 Å². The molecule has 1 aromatic carbocycles. The lowest BCUT2D eigenvalue weighted by Crippen LogP contribution is -2.51. The van der Waals surface area contributed by atoms with E-state index in [0.29, 0.717) is 12.1 Å². The van der Waals surface area contributed by atoms with Gasteiger partial charge in [-0.1, -0.05) is 30.3 Å². The molecule has 1 aromatic rings. The van der Waals surface area contributed by atoms with E-state index in [2.05, 4.69) is 54.4 Å². The van der Waals surface area contributed by atoms with Crippen LogP contribution < -0.4 is 5.32 Å². The summed E-state index contributed by atoms with van der Waals surface area (Å²) in [6.45, 7) is 9.76. The Hall–Kier alpha value is -0.900. The second kappa shape index (κ2) is 9.19. The molecular weight excluding hydrogens is 260 g/mol. The summed E-state index contributed by atoms with van der Waals surface area (Å²) < 4.78 is 5.60. The van der Waals surface area contributed by atoms with Gasteiger partial charge in [-0.15, -0.1) is 0 Å². The van der Waals surface area contributed by atoms with Crippen LogP contribution in [-0.2, 0) is 11.2 Å². The van der Waals surface area contributed by atoms with Gasteiger partial charge in [-0.3, -0.25) is 0 Å². The highest BCUT2D eigenvalue weighted by Crippen LogP contribution is 2.08. The molecule has 21 heavy (non-hydrogen) atoms. The zero-order valence-corrected chi connectivity index (χ0v) is 13.6. The lowest BCUT2D eigenvalue weighted by Gasteiger charge is -2.33. The molecule has 3 heteroatoms. The Morgan fingerprint density at radius 2 is 2.05 bits per heavy atom. The molecule has 1 N–H and O–H groups in total. The van der Waals surface area contributed by atoms with Crippen LogP contribution in [0.3, 0.4) is 0 Å². The topological polar surface area (TPSA) is 24.5 Å². The third kappa shape index (κ3) is 6.60. The van der Waals surface area contributed by atoms with E-state index in [9.17, 15) is 0 Å². The van der Waals surface area contributed by atoms with Gasteiger partial charge in [-0.2, -0.15) is 0 Å². The molecule has 3 nitrogen and oxygen atoms in total. The van der Waals surface area contributed by atoms with Gasteiger partial charge in [-0.25, -0.2) is 0 Å². The fourth-order valence-electron chi connectivity index (χ4n) is 2.89. The quantitative estimate of drug-likeness (QED) is 0.745. The molecule has 1 unspecified atom stereocenters. The fourth-order valence-corrected chi connectivity index (χ4v) is 2.89. The van der Waals surface area contributed by atoms with Crippen LogP contribution in [0.1, 0.15) is 32.3 Å². The van der Waals surface area contributed by atoms with Gasteiger partial charge in [0.1, 0.15) is 0 Å². The smallest absolute Gasteiger partial charge is 0.0518 e. The largest absolute Gasteiger partial charge is 0.379 e. The van der Waals surface area contributed by atoms with Gasteiger partial charge in [0, 0.05) is 32.3 Å². The van der Waals surface area contributed by atoms with Gasteiger partial charge in [0.25, 0.3) is 0 Å². The van der Waals surface area contributed by atoms with E-state index in [-0.39, 0.29) is 0 Å². The number of hydrogen-bond acceptors (Lipinski definition) is 3. The Labute approximate surface area is 129 Å². The first-order valence-electron chi connectivity index (χ1n) is 8.35. The summed E-state index contributed by atoms with van der Waals surface area (Å²) in [5.41, 5.74) is 1.43. The molecule has 0 amide bonds. The third-order valence-corrected chi connectivity index (χ3v) is 3.98. The number of nitrogens with one attached hydrogen (secondary N) is 1. The van der Waals surface area contributed by atoms with Crippen LogP contribution in [-0.4, -0.2) is 49.8 Å². The first-order chi connectivity index (χ1) is 10.2. The minimum atomic E-state index is 0.361. The zero-order chi connectivity index (χ0) is 14.9. The number of rotatable bonds is 8. The van der Waals surface area contributed by atoms with Crippen LogP contribution in [0.15, 0.2) is 30.3 Å². The van der Waals surface area contributed by atoms with Crippen LogP contribution >= 0.6 is 0 Å². The second-order valence-electron chi connectivity index (χ2n) is 6.27. The van der Waals surface area contributed by atoms with Crippen molar-refractivity contribution in [3.8, 4) is 0 Å². The van der Waals surface area contributed by atoms with E-state index in [1.165, 1.54) is 38.0 Å². The van der Waals surface area contributed by atoms with Crippen LogP contribution in [0.2, 0.25) is 0 Å². The van der Waals surface area contributed by atoms with Crippen LogP contribution in [0.5, 0.6) is 0 Å². The maximum atomic E-state index is 5.60. The Kier molecular flexibility index (Phi) is 7.20. The Bertz CT molecular complexity index is 380. The molecule has 1 atom stereocenters. The number of piperazine rings is 1. The normalized spacial score (nSPS) is 20.0. The van der Waals surface area contributed by atoms with Gasteiger partial charge in [0.2, 0.25) is 0 Å². The SMILES string of the molecule is CC(C)OCCCCN1CCNC(Cc2ccccc2)C1. The van der Waals surface area contributed by atoms with Crippen molar-refractivity contribution in [1.82, 2.24) is 10.2 Å². The van der Waals surface area contributed by atoms with Crippen molar-refractivity contribution >= 4 is 0 Å². The number of unbranched alkanes of at least 4 members (excludes halogenated alkanes) is 1. The highest BCUT2D eigenvalue weighted by molar-refractivity contribution is 5.16. The minimum Gasteiger partial charge on any atom is -0.379 e. The molecule has 1 saturated heterocycles. The molecule has 2 rings (SSSR count). The van der Waals surface area contributed by atoms with Crippen molar-refractivity contribution in [2.45, 2.75) is 45.3 Å². The first-order valence-corrected chi connectivity index (χ1v) is 8.35. The van der Waals surface area contributed by atoms with Gasteiger partial charge >= 0.3 is 0 Å². The fraction of sp³-hybridized carbons (Fsp3) is 0.667. The Balaban J connectivity index is 1.64. The van der Waals surface area contributed by atoms with Crippen molar-refractivity contribution in [3.63, 3.8) is 0 Å². The summed E-state index contributed by atoms with van der Waals surface area (Å²) in [7, 11) is 0. The third-order valence-electron chi connectivity index (χ3n) is 3.98. The van der Waals surface area contributed by atoms with Crippen LogP contribution in [0, 0.1) is 0 Å². The van der Waals surface area contributed by atoms with Crippen molar-refractivity contribution in [3.05, 3.63) is 35.9 Å². The zero-order valence-electron chi connectivity index (χ0n) is 13.6. The molecule has 1 fully saturated rings. The van der Waals surface area contributed by atoms with Gasteiger partial charge in [0.15, 0.2) is 0 Å². The molecule has 0 bridgehead atoms. The maximum absolute atomic E-state index is 5.60. The molecule has 118 valence electrons. The number of ether oxygens (including phenoxy) is 1. The molecule has 1 heterocycles. The summed E-state index contributed by atoms with van der Waals surface area (Å²) in [5, 5.41) is 3.65. The monoisotopic (exact) mass is 290 g/mol. The summed E-state index contributed by atoms with van der Waals surface area (Å²) in [5.74, 6) is 0. The van der Waals surface area contributed by atoms with E-state index in [4.69, 9.17) is 4.74 Å². The molecule has 0 radical (unpaired) electrons. The Morgan fingerprint density at radius 1 is 1.24 bits per heavy atom. The highest BCUT2D eigenvalue weighted by Gasteiger charge is 2.18. The molecule has 0 aromatic heterocycles. The standard InChI is InChI=1S/C18H30N2O/c1-16(2)21-13-7-6-11-20-12-10-19-18(15-20)14-17-8-4-3-5-9-17/h3-5,8-9,16,18-19H,6-7,10-15H2,1-2H3. The Morgan fingerprint density at radius 3 is 2.81 bits per heavy atom. The number of nitrogens with zero attached hydrogens (tertiary/aromatic N) is 1.